The second-order valence-corrected chi connectivity index (χ2v) is 11.8. The van der Waals surface area contributed by atoms with E-state index in [1.54, 1.807) is 0 Å². The van der Waals surface area contributed by atoms with Crippen molar-refractivity contribution in [3.63, 3.8) is 0 Å². The van der Waals surface area contributed by atoms with Gasteiger partial charge in [-0.1, -0.05) is 0 Å². The first-order valence-electron chi connectivity index (χ1n) is 7.06. The standard InChI is InChI=1S/C8H12O8Si.C5H12O2Si/c1-5(9)13-17(14-6(2)10,15-7(3)11)16-8(4)12;1-5(6)7-8(2,3)4/h1-4H3;1-4H3. The van der Waals surface area contributed by atoms with E-state index in [4.69, 9.17) is 4.43 Å². The van der Waals surface area contributed by atoms with E-state index < -0.39 is 41.2 Å². The normalized spacial score (nSPS) is 10.4. The van der Waals surface area contributed by atoms with Crippen molar-refractivity contribution < 1.29 is 46.1 Å². The van der Waals surface area contributed by atoms with Crippen LogP contribution in [-0.2, 0) is 46.1 Å². The van der Waals surface area contributed by atoms with Crippen LogP contribution in [0.15, 0.2) is 0 Å². The average molecular weight is 396 g/mol. The summed E-state index contributed by atoms with van der Waals surface area (Å²) in [6, 6.07) is 0. The van der Waals surface area contributed by atoms with Crippen LogP contribution in [0.25, 0.3) is 0 Å². The lowest BCUT2D eigenvalue weighted by atomic mass is 10.8. The van der Waals surface area contributed by atoms with Crippen molar-refractivity contribution in [2.24, 2.45) is 0 Å². The number of hydrogen-bond acceptors (Lipinski definition) is 10. The fourth-order valence-corrected chi connectivity index (χ4v) is 3.78. The fourth-order valence-electron chi connectivity index (χ4n) is 1.26. The van der Waals surface area contributed by atoms with Crippen LogP contribution in [0, 0.1) is 0 Å². The van der Waals surface area contributed by atoms with E-state index >= 15 is 0 Å². The van der Waals surface area contributed by atoms with E-state index in [1.165, 1.54) is 6.92 Å². The minimum atomic E-state index is -4.45. The maximum absolute atomic E-state index is 10.8. The Kier molecular flexibility index (Phi) is 10.6. The average Bonchev–Trinajstić information content (AvgIpc) is 2.19. The maximum Gasteiger partial charge on any atom is 0.974 e. The van der Waals surface area contributed by atoms with Gasteiger partial charge < -0.3 is 22.1 Å². The van der Waals surface area contributed by atoms with Gasteiger partial charge in [-0.15, -0.1) is 0 Å². The Morgan fingerprint density at radius 1 is 0.480 bits per heavy atom. The van der Waals surface area contributed by atoms with Crippen molar-refractivity contribution in [2.45, 2.75) is 54.3 Å². The van der Waals surface area contributed by atoms with Crippen LogP contribution >= 0.6 is 0 Å². The molecule has 0 atom stereocenters. The maximum atomic E-state index is 10.8. The molecule has 12 heteroatoms. The highest BCUT2D eigenvalue weighted by atomic mass is 28.4. The van der Waals surface area contributed by atoms with Gasteiger partial charge in [0, 0.05) is 34.6 Å². The summed E-state index contributed by atoms with van der Waals surface area (Å²) >= 11 is 0. The zero-order valence-corrected chi connectivity index (χ0v) is 17.6. The lowest BCUT2D eigenvalue weighted by molar-refractivity contribution is -0.160. The Morgan fingerprint density at radius 2 is 0.680 bits per heavy atom. The van der Waals surface area contributed by atoms with Crippen LogP contribution in [-0.4, -0.2) is 47.2 Å². The zero-order valence-electron chi connectivity index (χ0n) is 15.6. The molecule has 0 aliphatic rings. The molecule has 0 bridgehead atoms. The molecule has 0 aliphatic carbocycles. The highest BCUT2D eigenvalue weighted by molar-refractivity contribution is 6.71. The van der Waals surface area contributed by atoms with Gasteiger partial charge >= 0.3 is 9.05 Å². The second-order valence-electron chi connectivity index (χ2n) is 5.58. The lowest BCUT2D eigenvalue weighted by Crippen LogP contribution is -2.53. The Bertz CT molecular complexity index is 454. The molecule has 0 aromatic rings. The SMILES string of the molecule is CC(=O)O[Si](C)(C)C.CC(=O)O[Si](OC(C)=O)(OC(C)=O)OC(C)=O. The van der Waals surface area contributed by atoms with Gasteiger partial charge in [0.2, 0.25) is 8.32 Å². The van der Waals surface area contributed by atoms with Gasteiger partial charge in [0.05, 0.1) is 0 Å². The van der Waals surface area contributed by atoms with Crippen LogP contribution in [0.5, 0.6) is 0 Å². The molecule has 0 N–H and O–H groups in total. The van der Waals surface area contributed by atoms with E-state index in [0.29, 0.717) is 0 Å². The van der Waals surface area contributed by atoms with Crippen molar-refractivity contribution in [3.8, 4) is 0 Å². The van der Waals surface area contributed by atoms with E-state index in [9.17, 15) is 24.0 Å². The van der Waals surface area contributed by atoms with Crippen molar-refractivity contribution in [2.75, 3.05) is 0 Å². The molecule has 0 fully saturated rings. The van der Waals surface area contributed by atoms with Crippen molar-refractivity contribution >= 4 is 47.2 Å². The zero-order chi connectivity index (χ0) is 20.4. The molecule has 0 unspecified atom stereocenters. The summed E-state index contributed by atoms with van der Waals surface area (Å²) in [6.07, 6.45) is 0. The summed E-state index contributed by atoms with van der Waals surface area (Å²) in [5, 5.41) is 0. The van der Waals surface area contributed by atoms with E-state index in [0.717, 1.165) is 27.7 Å². The third-order valence-electron chi connectivity index (χ3n) is 1.52. The third kappa shape index (κ3) is 16.4. The quantitative estimate of drug-likeness (QED) is 0.621. The van der Waals surface area contributed by atoms with Crippen molar-refractivity contribution in [1.82, 2.24) is 0 Å². The van der Waals surface area contributed by atoms with Crippen LogP contribution < -0.4 is 0 Å². The van der Waals surface area contributed by atoms with Gasteiger partial charge in [0.25, 0.3) is 29.8 Å². The van der Waals surface area contributed by atoms with Crippen LogP contribution in [0.4, 0.5) is 0 Å². The van der Waals surface area contributed by atoms with Gasteiger partial charge in [-0.25, -0.2) is 0 Å². The summed E-state index contributed by atoms with van der Waals surface area (Å²) in [7, 11) is -6.02. The highest BCUT2D eigenvalue weighted by Crippen LogP contribution is 2.13. The number of carbonyl (C=O) groups is 5. The Hall–Kier alpha value is -2.22. The molecule has 0 aliphatic heterocycles. The minimum Gasteiger partial charge on any atom is -0.520 e. The molecule has 144 valence electrons. The van der Waals surface area contributed by atoms with Gasteiger partial charge in [-0.2, -0.15) is 0 Å². The molecule has 0 aromatic heterocycles. The first-order valence-corrected chi connectivity index (χ1v) is 12.1. The molecule has 0 rings (SSSR count). The molecular formula is C13H24O10Si2. The Balaban J connectivity index is 0. The summed E-state index contributed by atoms with van der Waals surface area (Å²) in [5.41, 5.74) is 0. The van der Waals surface area contributed by atoms with Crippen molar-refractivity contribution in [1.29, 1.82) is 0 Å². The smallest absolute Gasteiger partial charge is 0.520 e. The molecule has 0 radical (unpaired) electrons. The largest absolute Gasteiger partial charge is 0.974 e. The fraction of sp³-hybridized carbons (Fsp3) is 0.615. The molecule has 0 heterocycles. The molecule has 25 heavy (non-hydrogen) atoms. The molecule has 10 nitrogen and oxygen atoms in total. The minimum absolute atomic E-state index is 0.163. The molecule has 0 saturated carbocycles. The summed E-state index contributed by atoms with van der Waals surface area (Å²) < 4.78 is 23.1. The molecular weight excluding hydrogens is 372 g/mol. The van der Waals surface area contributed by atoms with Gasteiger partial charge in [-0.05, 0) is 19.6 Å². The highest BCUT2D eigenvalue weighted by Gasteiger charge is 2.61. The van der Waals surface area contributed by atoms with Gasteiger partial charge in [-0.3, -0.25) is 24.0 Å². The van der Waals surface area contributed by atoms with Crippen molar-refractivity contribution in [3.05, 3.63) is 0 Å². The van der Waals surface area contributed by atoms with Crippen LogP contribution in [0.3, 0.4) is 0 Å². The van der Waals surface area contributed by atoms with Crippen LogP contribution in [0.2, 0.25) is 19.6 Å². The van der Waals surface area contributed by atoms with E-state index in [1.807, 2.05) is 19.6 Å². The first kappa shape index (κ1) is 25.0. The summed E-state index contributed by atoms with van der Waals surface area (Å²) in [6.45, 7) is 11.3. The summed E-state index contributed by atoms with van der Waals surface area (Å²) in [4.78, 5) is 53.6. The second kappa shape index (κ2) is 10.6. The van der Waals surface area contributed by atoms with E-state index in [2.05, 4.69) is 17.7 Å². The Morgan fingerprint density at radius 3 is 0.760 bits per heavy atom. The monoisotopic (exact) mass is 396 g/mol. The molecule has 0 saturated heterocycles. The first-order chi connectivity index (χ1) is 11.1. The molecule has 0 amide bonds. The number of hydrogen-bond donors (Lipinski definition) is 0. The number of rotatable bonds is 5. The molecule has 0 aromatic carbocycles. The lowest BCUT2D eigenvalue weighted by Gasteiger charge is -2.22. The Labute approximate surface area is 148 Å². The number of carbonyl (C=O) groups excluding carboxylic acids is 5. The molecule has 0 spiro atoms. The van der Waals surface area contributed by atoms with Crippen LogP contribution in [0.1, 0.15) is 34.6 Å². The predicted molar refractivity (Wildman–Crippen MR) is 87.9 cm³/mol. The van der Waals surface area contributed by atoms with Gasteiger partial charge in [0.15, 0.2) is 0 Å². The predicted octanol–water partition coefficient (Wildman–Crippen LogP) is 1.06. The van der Waals surface area contributed by atoms with Gasteiger partial charge in [0.1, 0.15) is 0 Å². The van der Waals surface area contributed by atoms with E-state index in [-0.39, 0.29) is 5.97 Å². The summed E-state index contributed by atoms with van der Waals surface area (Å²) in [5.74, 6) is -3.83. The topological polar surface area (TPSA) is 132 Å². The third-order valence-corrected chi connectivity index (χ3v) is 4.57.